The minimum absolute atomic E-state index is 0.282. The smallest absolute Gasteiger partial charge is 0.338 e. The van der Waals surface area contributed by atoms with E-state index >= 15 is 0 Å². The molecule has 0 aliphatic rings. The van der Waals surface area contributed by atoms with Crippen molar-refractivity contribution in [2.75, 3.05) is 7.11 Å². The standard InChI is InChI=1S/C8H6I2O2/c1-12-8(11)6-3-2-5(9)4-7(6)10/h2-4H,1H3. The summed E-state index contributed by atoms with van der Waals surface area (Å²) in [5.74, 6) is -0.282. The van der Waals surface area contributed by atoms with Crippen molar-refractivity contribution in [3.8, 4) is 0 Å². The maximum absolute atomic E-state index is 11.1. The van der Waals surface area contributed by atoms with Gasteiger partial charge in [0.05, 0.1) is 12.7 Å². The number of ether oxygens (including phenoxy) is 1. The van der Waals surface area contributed by atoms with Crippen LogP contribution in [0.4, 0.5) is 0 Å². The van der Waals surface area contributed by atoms with E-state index in [0.29, 0.717) is 5.56 Å². The van der Waals surface area contributed by atoms with Crippen LogP contribution in [-0.4, -0.2) is 13.1 Å². The van der Waals surface area contributed by atoms with E-state index in [1.807, 2.05) is 12.1 Å². The lowest BCUT2D eigenvalue weighted by Gasteiger charge is -2.01. The van der Waals surface area contributed by atoms with Gasteiger partial charge in [0.1, 0.15) is 0 Å². The Morgan fingerprint density at radius 3 is 2.58 bits per heavy atom. The van der Waals surface area contributed by atoms with Crippen molar-refractivity contribution >= 4 is 51.2 Å². The fraction of sp³-hybridized carbons (Fsp3) is 0.125. The molecule has 2 nitrogen and oxygen atoms in total. The SMILES string of the molecule is COC(=O)c1ccc(I)cc1I. The van der Waals surface area contributed by atoms with Crippen molar-refractivity contribution in [2.45, 2.75) is 0 Å². The maximum atomic E-state index is 11.1. The summed E-state index contributed by atoms with van der Waals surface area (Å²) in [6.45, 7) is 0. The Kier molecular flexibility index (Phi) is 3.76. The minimum Gasteiger partial charge on any atom is -0.465 e. The number of halogens is 2. The first-order chi connectivity index (χ1) is 5.65. The highest BCUT2D eigenvalue weighted by atomic mass is 127. The van der Waals surface area contributed by atoms with Gasteiger partial charge in [-0.1, -0.05) is 0 Å². The number of methoxy groups -OCH3 is 1. The summed E-state index contributed by atoms with van der Waals surface area (Å²) in [5.41, 5.74) is 0.624. The molecule has 0 heterocycles. The summed E-state index contributed by atoms with van der Waals surface area (Å²) in [4.78, 5) is 11.1. The van der Waals surface area contributed by atoms with Gasteiger partial charge in [0, 0.05) is 7.14 Å². The lowest BCUT2D eigenvalue weighted by molar-refractivity contribution is 0.0599. The van der Waals surface area contributed by atoms with Gasteiger partial charge < -0.3 is 4.74 Å². The van der Waals surface area contributed by atoms with Gasteiger partial charge in [0.15, 0.2) is 0 Å². The van der Waals surface area contributed by atoms with Gasteiger partial charge in [-0.2, -0.15) is 0 Å². The molecule has 0 amide bonds. The third-order valence-electron chi connectivity index (χ3n) is 1.34. The van der Waals surface area contributed by atoms with Crippen LogP contribution in [0.1, 0.15) is 10.4 Å². The molecular weight excluding hydrogens is 382 g/mol. The Hall–Kier alpha value is 0.150. The molecule has 0 atom stereocenters. The van der Waals surface area contributed by atoms with Gasteiger partial charge in [-0.3, -0.25) is 0 Å². The van der Waals surface area contributed by atoms with Crippen LogP contribution in [0.2, 0.25) is 0 Å². The fourth-order valence-corrected chi connectivity index (χ4v) is 2.59. The predicted octanol–water partition coefficient (Wildman–Crippen LogP) is 2.68. The summed E-state index contributed by atoms with van der Waals surface area (Å²) in [6, 6.07) is 5.59. The van der Waals surface area contributed by atoms with E-state index in [-0.39, 0.29) is 5.97 Å². The highest BCUT2D eigenvalue weighted by molar-refractivity contribution is 14.1. The van der Waals surface area contributed by atoms with E-state index in [1.54, 1.807) is 6.07 Å². The Morgan fingerprint density at radius 1 is 1.42 bits per heavy atom. The first-order valence-corrected chi connectivity index (χ1v) is 5.34. The summed E-state index contributed by atoms with van der Waals surface area (Å²) in [7, 11) is 1.39. The summed E-state index contributed by atoms with van der Waals surface area (Å²) < 4.78 is 6.65. The van der Waals surface area contributed by atoms with E-state index in [2.05, 4.69) is 49.9 Å². The average Bonchev–Trinajstić information content (AvgIpc) is 2.03. The number of carbonyl (C=O) groups excluding carboxylic acids is 1. The van der Waals surface area contributed by atoms with Crippen molar-refractivity contribution in [3.63, 3.8) is 0 Å². The van der Waals surface area contributed by atoms with Crippen molar-refractivity contribution in [2.24, 2.45) is 0 Å². The van der Waals surface area contributed by atoms with Crippen LogP contribution in [0, 0.1) is 7.14 Å². The second kappa shape index (κ2) is 4.40. The molecule has 0 N–H and O–H groups in total. The Labute approximate surface area is 98.0 Å². The molecule has 0 aliphatic carbocycles. The zero-order valence-corrected chi connectivity index (χ0v) is 10.6. The Morgan fingerprint density at radius 2 is 2.08 bits per heavy atom. The van der Waals surface area contributed by atoms with Crippen LogP contribution in [0.3, 0.4) is 0 Å². The molecule has 12 heavy (non-hydrogen) atoms. The van der Waals surface area contributed by atoms with E-state index < -0.39 is 0 Å². The van der Waals surface area contributed by atoms with Crippen LogP contribution in [0.15, 0.2) is 18.2 Å². The van der Waals surface area contributed by atoms with Gasteiger partial charge in [0.25, 0.3) is 0 Å². The molecule has 4 heteroatoms. The molecule has 0 fully saturated rings. The normalized spacial score (nSPS) is 9.58. The molecule has 1 aromatic carbocycles. The number of hydrogen-bond donors (Lipinski definition) is 0. The summed E-state index contributed by atoms with van der Waals surface area (Å²) >= 11 is 4.32. The lowest BCUT2D eigenvalue weighted by atomic mass is 10.2. The zero-order chi connectivity index (χ0) is 9.14. The summed E-state index contributed by atoms with van der Waals surface area (Å²) in [5, 5.41) is 0. The van der Waals surface area contributed by atoms with Crippen molar-refractivity contribution in [1.82, 2.24) is 0 Å². The molecule has 0 aromatic heterocycles. The molecule has 0 aliphatic heterocycles. The van der Waals surface area contributed by atoms with Crippen molar-refractivity contribution < 1.29 is 9.53 Å². The molecule has 64 valence electrons. The van der Waals surface area contributed by atoms with Gasteiger partial charge in [-0.05, 0) is 63.4 Å². The molecule has 0 bridgehead atoms. The molecule has 0 saturated heterocycles. The summed E-state index contributed by atoms with van der Waals surface area (Å²) in [6.07, 6.45) is 0. The van der Waals surface area contributed by atoms with Crippen LogP contribution in [0.25, 0.3) is 0 Å². The van der Waals surface area contributed by atoms with Gasteiger partial charge in [-0.25, -0.2) is 4.79 Å². The average molecular weight is 388 g/mol. The number of esters is 1. The molecule has 0 radical (unpaired) electrons. The first-order valence-electron chi connectivity index (χ1n) is 3.18. The second-order valence-corrected chi connectivity index (χ2v) is 4.52. The minimum atomic E-state index is -0.282. The van der Waals surface area contributed by atoms with Crippen LogP contribution < -0.4 is 0 Å². The lowest BCUT2D eigenvalue weighted by Crippen LogP contribution is -2.03. The predicted molar refractivity (Wildman–Crippen MR) is 63.2 cm³/mol. The molecule has 0 spiro atoms. The van der Waals surface area contributed by atoms with Crippen LogP contribution >= 0.6 is 45.2 Å². The van der Waals surface area contributed by atoms with Crippen molar-refractivity contribution in [3.05, 3.63) is 30.9 Å². The Bertz CT molecular complexity index is 310. The maximum Gasteiger partial charge on any atom is 0.338 e. The first kappa shape index (κ1) is 10.2. The molecule has 1 aromatic rings. The monoisotopic (exact) mass is 388 g/mol. The number of hydrogen-bond acceptors (Lipinski definition) is 2. The quantitative estimate of drug-likeness (QED) is 0.547. The van der Waals surface area contributed by atoms with Gasteiger partial charge >= 0.3 is 5.97 Å². The van der Waals surface area contributed by atoms with E-state index in [0.717, 1.165) is 7.14 Å². The van der Waals surface area contributed by atoms with E-state index in [4.69, 9.17) is 0 Å². The largest absolute Gasteiger partial charge is 0.465 e. The highest BCUT2D eigenvalue weighted by Crippen LogP contribution is 2.16. The zero-order valence-electron chi connectivity index (χ0n) is 6.30. The topological polar surface area (TPSA) is 26.3 Å². The van der Waals surface area contributed by atoms with E-state index in [1.165, 1.54) is 7.11 Å². The number of benzene rings is 1. The van der Waals surface area contributed by atoms with Crippen molar-refractivity contribution in [1.29, 1.82) is 0 Å². The van der Waals surface area contributed by atoms with Crippen LogP contribution in [-0.2, 0) is 4.74 Å². The van der Waals surface area contributed by atoms with Gasteiger partial charge in [-0.15, -0.1) is 0 Å². The third-order valence-corrected chi connectivity index (χ3v) is 2.90. The highest BCUT2D eigenvalue weighted by Gasteiger charge is 2.08. The second-order valence-electron chi connectivity index (χ2n) is 2.12. The third kappa shape index (κ3) is 2.32. The molecular formula is C8H6I2O2. The molecule has 0 saturated carbocycles. The van der Waals surface area contributed by atoms with Crippen LogP contribution in [0.5, 0.6) is 0 Å². The van der Waals surface area contributed by atoms with E-state index in [9.17, 15) is 4.79 Å². The Balaban J connectivity index is 3.09. The number of rotatable bonds is 1. The molecule has 0 unspecified atom stereocenters. The molecule has 1 rings (SSSR count). The number of carbonyl (C=O) groups is 1. The van der Waals surface area contributed by atoms with Gasteiger partial charge in [0.2, 0.25) is 0 Å². The fourth-order valence-electron chi connectivity index (χ4n) is 0.765.